The second kappa shape index (κ2) is 17.6. The number of carbonyl (C=O) groups is 1. The van der Waals surface area contributed by atoms with Crippen molar-refractivity contribution < 1.29 is 33.4 Å². The maximum atomic E-state index is 13.5. The first-order valence-electron chi connectivity index (χ1n) is 18.0. The largest absolute Gasteiger partial charge is 1.00 e. The van der Waals surface area contributed by atoms with Crippen LogP contribution in [-0.2, 0) is 21.7 Å². The van der Waals surface area contributed by atoms with Gasteiger partial charge in [-0.15, -0.1) is 0 Å². The van der Waals surface area contributed by atoms with E-state index in [9.17, 15) is 9.90 Å². The Morgan fingerprint density at radius 1 is 0.818 bits per heavy atom. The monoisotopic (exact) mass is 757 g/mol. The first-order valence-corrected chi connectivity index (χ1v) is 18.8. The zero-order chi connectivity index (χ0) is 37.5. The summed E-state index contributed by atoms with van der Waals surface area (Å²) in [4.78, 5) is 17.0. The zero-order valence-electron chi connectivity index (χ0n) is 31.0. The van der Waals surface area contributed by atoms with Gasteiger partial charge in [-0.1, -0.05) is 90.6 Å². The summed E-state index contributed by atoms with van der Waals surface area (Å²) in [5, 5.41) is 15.8. The molecule has 0 saturated heterocycles. The first-order chi connectivity index (χ1) is 26.4. The maximum absolute atomic E-state index is 13.5. The Labute approximate surface area is 325 Å². The van der Waals surface area contributed by atoms with E-state index < -0.39 is 11.6 Å². The predicted molar refractivity (Wildman–Crippen MR) is 215 cm³/mol. The lowest BCUT2D eigenvalue weighted by Crippen LogP contribution is -3.00. The summed E-state index contributed by atoms with van der Waals surface area (Å²) < 4.78 is 20.0. The number of aliphatic hydroxyl groups is 1. The number of hydrogen-bond acceptors (Lipinski definition) is 7. The van der Waals surface area contributed by atoms with Crippen LogP contribution in [0, 0.1) is 0 Å². The first kappa shape index (κ1) is 39.0. The van der Waals surface area contributed by atoms with Gasteiger partial charge >= 0.3 is 0 Å². The molecule has 282 valence electrons. The van der Waals surface area contributed by atoms with E-state index in [1.807, 2.05) is 97.2 Å². The smallest absolute Gasteiger partial charge is 0.226 e. The Kier molecular flexibility index (Phi) is 12.5. The lowest BCUT2D eigenvalue weighted by Gasteiger charge is -2.37. The van der Waals surface area contributed by atoms with Crippen LogP contribution >= 0.6 is 11.8 Å². The molecule has 1 atom stereocenters. The van der Waals surface area contributed by atoms with Crippen LogP contribution in [0.3, 0.4) is 0 Å². The van der Waals surface area contributed by atoms with E-state index in [1.165, 1.54) is 10.6 Å². The number of methoxy groups -OCH3 is 2. The number of benzene rings is 5. The summed E-state index contributed by atoms with van der Waals surface area (Å²) in [5.74, 6) is 1.26. The van der Waals surface area contributed by atoms with Gasteiger partial charge in [0.15, 0.2) is 12.7 Å². The van der Waals surface area contributed by atoms with Crippen LogP contribution in [0.2, 0.25) is 0 Å². The molecule has 0 saturated carbocycles. The van der Waals surface area contributed by atoms with Crippen molar-refractivity contribution >= 4 is 40.3 Å². The van der Waals surface area contributed by atoms with Gasteiger partial charge < -0.3 is 34.2 Å². The molecule has 1 aliphatic heterocycles. The molecule has 0 spiro atoms. The summed E-state index contributed by atoms with van der Waals surface area (Å²) in [5.41, 5.74) is 4.92. The molecule has 0 aliphatic carbocycles. The van der Waals surface area contributed by atoms with Gasteiger partial charge in [-0.05, 0) is 70.8 Å². The number of amides is 1. The van der Waals surface area contributed by atoms with Crippen molar-refractivity contribution in [3.05, 3.63) is 167 Å². The molecule has 2 heterocycles. The fraction of sp³-hybridized carbons (Fsp3) is 0.200. The van der Waals surface area contributed by atoms with E-state index in [0.29, 0.717) is 6.54 Å². The van der Waals surface area contributed by atoms with Gasteiger partial charge in [0.05, 0.1) is 56.0 Å². The van der Waals surface area contributed by atoms with E-state index in [1.54, 1.807) is 26.0 Å². The number of aryl methyl sites for hydroxylation is 1. The number of halogens is 1. The second-order valence-electron chi connectivity index (χ2n) is 13.1. The van der Waals surface area contributed by atoms with Crippen LogP contribution in [0.25, 0.3) is 17.0 Å². The number of pyridine rings is 1. The third kappa shape index (κ3) is 8.22. The summed E-state index contributed by atoms with van der Waals surface area (Å²) in [6.45, 7) is 0.219. The fourth-order valence-corrected chi connectivity index (χ4v) is 8.07. The topological polar surface area (TPSA) is 84.1 Å². The highest BCUT2D eigenvalue weighted by molar-refractivity contribution is 8.03. The average molecular weight is 758 g/mol. The molecule has 0 bridgehead atoms. The molecule has 0 unspecified atom stereocenters. The Balaban J connectivity index is 0.00000514. The lowest BCUT2D eigenvalue weighted by molar-refractivity contribution is -0.670. The number of thioether (sulfide) groups is 1. The number of nitrogens with zero attached hydrogens (tertiary/aromatic N) is 2. The number of aliphatic hydroxyl groups excluding tert-OH is 1. The molecule has 1 aliphatic rings. The van der Waals surface area contributed by atoms with Crippen molar-refractivity contribution in [2.75, 3.05) is 39.4 Å². The SMILES string of the molecule is COc1ccc(C(OC[C@H](CO)NC(=O)CC[n+]2ccc(/C=C3\Sc4ccccc4N3C)c3ccccc32)(c2ccccc2)c2ccc(OC)cc2)cc1.[F-]. The summed E-state index contributed by atoms with van der Waals surface area (Å²) in [7, 11) is 5.37. The minimum atomic E-state index is -1.07. The summed E-state index contributed by atoms with van der Waals surface area (Å²) in [6.07, 6.45) is 4.49. The second-order valence-corrected chi connectivity index (χ2v) is 14.2. The third-order valence-electron chi connectivity index (χ3n) is 9.85. The van der Waals surface area contributed by atoms with Gasteiger partial charge in [0.1, 0.15) is 17.1 Å². The highest BCUT2D eigenvalue weighted by Gasteiger charge is 2.38. The van der Waals surface area contributed by atoms with Gasteiger partial charge in [0.25, 0.3) is 0 Å². The molecule has 1 amide bonds. The van der Waals surface area contributed by atoms with Gasteiger partial charge in [-0.2, -0.15) is 4.57 Å². The Morgan fingerprint density at radius 2 is 1.42 bits per heavy atom. The number of ether oxygens (including phenoxy) is 3. The number of fused-ring (bicyclic) bond motifs is 2. The van der Waals surface area contributed by atoms with Gasteiger partial charge in [-0.3, -0.25) is 4.79 Å². The number of anilines is 1. The predicted octanol–water partition coefficient (Wildman–Crippen LogP) is 4.56. The van der Waals surface area contributed by atoms with Crippen LogP contribution in [0.5, 0.6) is 11.5 Å². The van der Waals surface area contributed by atoms with Crippen molar-refractivity contribution in [1.29, 1.82) is 0 Å². The molecule has 55 heavy (non-hydrogen) atoms. The number of para-hydroxylation sites is 2. The third-order valence-corrected chi connectivity index (χ3v) is 11.0. The van der Waals surface area contributed by atoms with E-state index in [2.05, 4.69) is 70.4 Å². The standard InChI is InChI=1S/C45H43N3O5S.FH/c1-47-41-15-9-10-16-42(41)54-44(47)29-32-25-27-48(40-14-8-7-13-39(32)40)28-26-43(50)46-36(30-49)31-53-45(33-11-5-4-6-12-33,34-17-21-37(51-2)22-18-34)35-19-23-38(52-3)24-20-35;/h4-25,27,29,36,49H,26,28,30-31H2,1-3H3;1H/t36-;/m0./s1. The van der Waals surface area contributed by atoms with Crippen molar-refractivity contribution in [2.45, 2.75) is 29.5 Å². The van der Waals surface area contributed by atoms with Crippen LogP contribution in [0.1, 0.15) is 28.7 Å². The van der Waals surface area contributed by atoms with Crippen LogP contribution in [0.4, 0.5) is 5.69 Å². The summed E-state index contributed by atoms with van der Waals surface area (Å²) >= 11 is 1.76. The van der Waals surface area contributed by atoms with Crippen molar-refractivity contribution in [1.82, 2.24) is 5.32 Å². The number of carbonyl (C=O) groups excluding carboxylic acids is 1. The highest BCUT2D eigenvalue weighted by atomic mass is 32.2. The Morgan fingerprint density at radius 3 is 2.05 bits per heavy atom. The number of rotatable bonds is 14. The Bertz CT molecular complexity index is 2200. The van der Waals surface area contributed by atoms with Crippen molar-refractivity contribution in [2.24, 2.45) is 0 Å². The normalized spacial score (nSPS) is 13.6. The fourth-order valence-electron chi connectivity index (χ4n) is 6.97. The van der Waals surface area contributed by atoms with Crippen LogP contribution in [0.15, 0.2) is 150 Å². The van der Waals surface area contributed by atoms with Crippen molar-refractivity contribution in [3.63, 3.8) is 0 Å². The molecular formula is C45H44FN3O5S. The van der Waals surface area contributed by atoms with Crippen LogP contribution < -0.4 is 29.0 Å². The van der Waals surface area contributed by atoms with E-state index in [4.69, 9.17) is 14.2 Å². The van der Waals surface area contributed by atoms with Crippen LogP contribution in [-0.4, -0.2) is 51.5 Å². The quantitative estimate of drug-likeness (QED) is 0.125. The molecule has 7 rings (SSSR count). The molecule has 1 aromatic heterocycles. The van der Waals surface area contributed by atoms with Gasteiger partial charge in [0.2, 0.25) is 11.4 Å². The lowest BCUT2D eigenvalue weighted by atomic mass is 9.80. The molecule has 2 N–H and O–H groups in total. The zero-order valence-corrected chi connectivity index (χ0v) is 31.8. The molecule has 6 aromatic rings. The number of aromatic nitrogens is 1. The molecule has 5 aromatic carbocycles. The molecular weight excluding hydrogens is 714 g/mol. The maximum Gasteiger partial charge on any atom is 0.226 e. The average Bonchev–Trinajstić information content (AvgIpc) is 3.55. The summed E-state index contributed by atoms with van der Waals surface area (Å²) in [6, 6.07) is 43.6. The highest BCUT2D eigenvalue weighted by Crippen LogP contribution is 2.46. The Hall–Kier alpha value is -5.68. The van der Waals surface area contributed by atoms with E-state index in [0.717, 1.165) is 49.7 Å². The molecule has 0 fully saturated rings. The van der Waals surface area contributed by atoms with Crippen molar-refractivity contribution in [3.8, 4) is 11.5 Å². The molecule has 0 radical (unpaired) electrons. The van der Waals surface area contributed by atoms with E-state index >= 15 is 0 Å². The minimum absolute atomic E-state index is 0. The number of nitrogens with one attached hydrogen (secondary N) is 1. The number of hydrogen-bond donors (Lipinski definition) is 2. The van der Waals surface area contributed by atoms with Gasteiger partial charge in [-0.25, -0.2) is 0 Å². The molecule has 8 nitrogen and oxygen atoms in total. The van der Waals surface area contributed by atoms with E-state index in [-0.39, 0.29) is 30.2 Å². The van der Waals surface area contributed by atoms with Gasteiger partial charge in [0, 0.05) is 24.1 Å². The molecule has 10 heteroatoms. The minimum Gasteiger partial charge on any atom is -1.00 e.